The van der Waals surface area contributed by atoms with Crippen molar-refractivity contribution in [2.45, 2.75) is 19.8 Å². The number of amides is 1. The predicted molar refractivity (Wildman–Crippen MR) is 90.0 cm³/mol. The number of nitrogens with zero attached hydrogens (tertiary/aromatic N) is 1. The molecule has 0 aliphatic heterocycles. The van der Waals surface area contributed by atoms with Crippen molar-refractivity contribution >= 4 is 11.6 Å². The van der Waals surface area contributed by atoms with E-state index in [0.717, 1.165) is 17.7 Å². The predicted octanol–water partition coefficient (Wildman–Crippen LogP) is 4.50. The molecule has 1 heterocycles. The van der Waals surface area contributed by atoms with Crippen molar-refractivity contribution in [3.8, 4) is 11.3 Å². The molecule has 0 saturated carbocycles. The number of hydrogen-bond acceptors (Lipinski definition) is 3. The molecular weight excluding hydrogens is 326 g/mol. The molecule has 128 valence electrons. The van der Waals surface area contributed by atoms with Crippen LogP contribution < -0.4 is 5.32 Å². The minimum absolute atomic E-state index is 0.00434. The van der Waals surface area contributed by atoms with Crippen molar-refractivity contribution in [2.24, 2.45) is 0 Å². The summed E-state index contributed by atoms with van der Waals surface area (Å²) in [4.78, 5) is 16.0. The Morgan fingerprint density at radius 2 is 1.88 bits per heavy atom. The summed E-state index contributed by atoms with van der Waals surface area (Å²) in [6.45, 7) is 1.94. The van der Waals surface area contributed by atoms with Gasteiger partial charge in [0.1, 0.15) is 11.6 Å². The summed E-state index contributed by atoms with van der Waals surface area (Å²) in [6, 6.07) is 11.0. The molecule has 0 radical (unpaired) electrons. The van der Waals surface area contributed by atoms with Gasteiger partial charge < -0.3 is 9.73 Å². The number of aromatic nitrogens is 1. The van der Waals surface area contributed by atoms with Gasteiger partial charge in [-0.25, -0.2) is 13.8 Å². The lowest BCUT2D eigenvalue weighted by atomic mass is 10.1. The highest BCUT2D eigenvalue weighted by Gasteiger charge is 2.16. The molecule has 0 aliphatic rings. The molecule has 0 bridgehead atoms. The molecule has 1 amide bonds. The van der Waals surface area contributed by atoms with Gasteiger partial charge in [-0.2, -0.15) is 0 Å². The first-order valence-electron chi connectivity index (χ1n) is 7.78. The molecule has 0 unspecified atom stereocenters. The van der Waals surface area contributed by atoms with Gasteiger partial charge >= 0.3 is 0 Å². The number of carbonyl (C=O) groups is 1. The van der Waals surface area contributed by atoms with Crippen LogP contribution in [-0.4, -0.2) is 10.9 Å². The highest BCUT2D eigenvalue weighted by Crippen LogP contribution is 2.26. The topological polar surface area (TPSA) is 55.1 Å². The van der Waals surface area contributed by atoms with E-state index in [1.807, 2.05) is 25.1 Å². The first-order valence-corrected chi connectivity index (χ1v) is 7.78. The van der Waals surface area contributed by atoms with Crippen molar-refractivity contribution in [3.63, 3.8) is 0 Å². The largest absolute Gasteiger partial charge is 0.441 e. The minimum atomic E-state index is -0.722. The maximum absolute atomic E-state index is 13.7. The average molecular weight is 342 g/mol. The van der Waals surface area contributed by atoms with Crippen LogP contribution in [0.3, 0.4) is 0 Å². The Bertz CT molecular complexity index is 886. The van der Waals surface area contributed by atoms with E-state index in [-0.39, 0.29) is 36.0 Å². The zero-order chi connectivity index (χ0) is 17.8. The summed E-state index contributed by atoms with van der Waals surface area (Å²) in [5.74, 6) is -1.39. The summed E-state index contributed by atoms with van der Waals surface area (Å²) >= 11 is 0. The molecule has 0 aliphatic carbocycles. The van der Waals surface area contributed by atoms with Crippen molar-refractivity contribution in [3.05, 3.63) is 71.8 Å². The van der Waals surface area contributed by atoms with E-state index in [9.17, 15) is 13.6 Å². The molecule has 0 saturated heterocycles. The summed E-state index contributed by atoms with van der Waals surface area (Å²) in [5, 5.41) is 2.78. The molecule has 3 aromatic rings. The lowest BCUT2D eigenvalue weighted by Crippen LogP contribution is -2.12. The van der Waals surface area contributed by atoms with E-state index in [0.29, 0.717) is 5.69 Å². The van der Waals surface area contributed by atoms with Gasteiger partial charge in [-0.1, -0.05) is 18.2 Å². The zero-order valence-electron chi connectivity index (χ0n) is 13.6. The molecule has 0 spiro atoms. The Morgan fingerprint density at radius 1 is 1.16 bits per heavy atom. The van der Waals surface area contributed by atoms with Gasteiger partial charge in [-0.3, -0.25) is 4.79 Å². The Morgan fingerprint density at radius 3 is 2.60 bits per heavy atom. The van der Waals surface area contributed by atoms with Crippen LogP contribution in [-0.2, 0) is 11.2 Å². The van der Waals surface area contributed by atoms with Crippen molar-refractivity contribution in [1.82, 2.24) is 4.98 Å². The van der Waals surface area contributed by atoms with Gasteiger partial charge in [0.15, 0.2) is 11.7 Å². The third kappa shape index (κ3) is 4.09. The van der Waals surface area contributed by atoms with E-state index < -0.39 is 11.6 Å². The lowest BCUT2D eigenvalue weighted by molar-refractivity contribution is -0.116. The van der Waals surface area contributed by atoms with E-state index >= 15 is 0 Å². The van der Waals surface area contributed by atoms with Gasteiger partial charge in [0.05, 0.1) is 11.8 Å². The molecule has 6 heteroatoms. The number of carbonyl (C=O) groups excluding carboxylic acids is 1. The fourth-order valence-corrected chi connectivity index (χ4v) is 2.44. The van der Waals surface area contributed by atoms with Gasteiger partial charge in [0, 0.05) is 18.5 Å². The van der Waals surface area contributed by atoms with Crippen molar-refractivity contribution in [1.29, 1.82) is 0 Å². The third-order valence-corrected chi connectivity index (χ3v) is 3.63. The smallest absolute Gasteiger partial charge is 0.224 e. The maximum atomic E-state index is 13.7. The van der Waals surface area contributed by atoms with Gasteiger partial charge in [0.2, 0.25) is 5.91 Å². The fourth-order valence-electron chi connectivity index (χ4n) is 2.44. The number of rotatable bonds is 5. The summed E-state index contributed by atoms with van der Waals surface area (Å²) in [7, 11) is 0. The van der Waals surface area contributed by atoms with Crippen LogP contribution >= 0.6 is 0 Å². The highest BCUT2D eigenvalue weighted by atomic mass is 19.1. The van der Waals surface area contributed by atoms with E-state index in [2.05, 4.69) is 10.3 Å². The summed E-state index contributed by atoms with van der Waals surface area (Å²) in [5.41, 5.74) is 1.50. The van der Waals surface area contributed by atoms with Crippen molar-refractivity contribution in [2.75, 3.05) is 5.32 Å². The third-order valence-electron chi connectivity index (χ3n) is 3.63. The molecule has 25 heavy (non-hydrogen) atoms. The Labute approximate surface area is 143 Å². The van der Waals surface area contributed by atoms with Crippen LogP contribution in [0.15, 0.2) is 53.1 Å². The van der Waals surface area contributed by atoms with Crippen LogP contribution in [0.5, 0.6) is 0 Å². The number of nitrogens with one attached hydrogen (secondary N) is 1. The molecule has 1 aromatic heterocycles. The molecular formula is C19H16F2N2O2. The van der Waals surface area contributed by atoms with E-state index in [4.69, 9.17) is 4.42 Å². The minimum Gasteiger partial charge on any atom is -0.441 e. The van der Waals surface area contributed by atoms with Gasteiger partial charge in [-0.05, 0) is 36.8 Å². The van der Waals surface area contributed by atoms with Crippen LogP contribution in [0.25, 0.3) is 11.3 Å². The lowest BCUT2D eigenvalue weighted by Gasteiger charge is -2.05. The Balaban J connectivity index is 1.63. The first kappa shape index (κ1) is 16.8. The second-order valence-corrected chi connectivity index (χ2v) is 5.63. The first-order chi connectivity index (χ1) is 12.0. The number of anilines is 1. The second-order valence-electron chi connectivity index (χ2n) is 5.63. The Kier molecular flexibility index (Phi) is 4.88. The zero-order valence-corrected chi connectivity index (χ0v) is 13.6. The molecule has 0 atom stereocenters. The second kappa shape index (κ2) is 7.25. The number of benzene rings is 2. The molecule has 3 rings (SSSR count). The molecule has 2 aromatic carbocycles. The van der Waals surface area contributed by atoms with Crippen LogP contribution in [0.4, 0.5) is 14.5 Å². The van der Waals surface area contributed by atoms with Crippen LogP contribution in [0, 0.1) is 18.6 Å². The fraction of sp³-hybridized carbons (Fsp3) is 0.158. The van der Waals surface area contributed by atoms with E-state index in [1.54, 1.807) is 6.07 Å². The molecule has 0 fully saturated rings. The molecule has 1 N–H and O–H groups in total. The maximum Gasteiger partial charge on any atom is 0.224 e. The van der Waals surface area contributed by atoms with E-state index in [1.165, 1.54) is 12.3 Å². The number of oxazole rings is 1. The Hall–Kier alpha value is -3.02. The van der Waals surface area contributed by atoms with Gasteiger partial charge in [0.25, 0.3) is 0 Å². The van der Waals surface area contributed by atoms with Gasteiger partial charge in [-0.15, -0.1) is 0 Å². The average Bonchev–Trinajstić information content (AvgIpc) is 3.01. The highest BCUT2D eigenvalue weighted by molar-refractivity contribution is 5.90. The van der Waals surface area contributed by atoms with Crippen LogP contribution in [0.1, 0.15) is 17.9 Å². The summed E-state index contributed by atoms with van der Waals surface area (Å²) in [6.07, 6.45) is 1.64. The monoisotopic (exact) mass is 342 g/mol. The normalized spacial score (nSPS) is 10.7. The number of halogens is 2. The summed E-state index contributed by atoms with van der Waals surface area (Å²) < 4.78 is 32.9. The number of aryl methyl sites for hydroxylation is 2. The number of hydrogen-bond donors (Lipinski definition) is 1. The molecule has 4 nitrogen and oxygen atoms in total. The quantitative estimate of drug-likeness (QED) is 0.743. The standard InChI is InChI=1S/C19H16F2N2O2/c1-12-4-2-5-13(10-12)23-17(24)8-9-18-22-11-16(25-18)19-14(20)6-3-7-15(19)21/h2-7,10-11H,8-9H2,1H3,(H,23,24). The van der Waals surface area contributed by atoms with Crippen molar-refractivity contribution < 1.29 is 18.0 Å². The van der Waals surface area contributed by atoms with Crippen LogP contribution in [0.2, 0.25) is 0 Å². The SMILES string of the molecule is Cc1cccc(NC(=O)CCc2ncc(-c3c(F)cccc3F)o2)c1.